The summed E-state index contributed by atoms with van der Waals surface area (Å²) in [4.78, 5) is 10.7. The van der Waals surface area contributed by atoms with Crippen LogP contribution in [-0.4, -0.2) is 24.3 Å². The molecule has 2 unspecified atom stereocenters. The molecule has 1 heterocycles. The molecule has 1 aliphatic carbocycles. The van der Waals surface area contributed by atoms with E-state index < -0.39 is 5.97 Å². The second-order valence-electron chi connectivity index (χ2n) is 4.58. The minimum Gasteiger partial charge on any atom is -0.481 e. The van der Waals surface area contributed by atoms with Gasteiger partial charge in [0.25, 0.3) is 0 Å². The molecule has 0 aromatic carbocycles. The van der Waals surface area contributed by atoms with E-state index in [1.54, 1.807) is 0 Å². The van der Waals surface area contributed by atoms with Crippen LogP contribution >= 0.6 is 0 Å². The highest BCUT2D eigenvalue weighted by Crippen LogP contribution is 2.44. The maximum atomic E-state index is 10.7. The van der Waals surface area contributed by atoms with Gasteiger partial charge < -0.3 is 9.84 Å². The summed E-state index contributed by atoms with van der Waals surface area (Å²) in [6, 6.07) is 0. The Bertz CT molecular complexity index is 205. The maximum Gasteiger partial charge on any atom is 0.303 e. The SMILES string of the molecule is O=C(O)CC(C1CC1)C1CCCOC1. The molecule has 0 amide bonds. The Morgan fingerprint density at radius 3 is 2.64 bits per heavy atom. The summed E-state index contributed by atoms with van der Waals surface area (Å²) >= 11 is 0. The van der Waals surface area contributed by atoms with Crippen molar-refractivity contribution >= 4 is 5.97 Å². The van der Waals surface area contributed by atoms with Crippen LogP contribution < -0.4 is 0 Å². The van der Waals surface area contributed by atoms with Crippen molar-refractivity contribution in [3.05, 3.63) is 0 Å². The fourth-order valence-corrected chi connectivity index (χ4v) is 2.55. The third-order valence-electron chi connectivity index (χ3n) is 3.44. The molecule has 3 heteroatoms. The number of carboxylic acids is 1. The van der Waals surface area contributed by atoms with E-state index in [2.05, 4.69) is 0 Å². The Hall–Kier alpha value is -0.570. The van der Waals surface area contributed by atoms with E-state index in [4.69, 9.17) is 9.84 Å². The highest BCUT2D eigenvalue weighted by molar-refractivity contribution is 5.67. The van der Waals surface area contributed by atoms with Gasteiger partial charge in [0.1, 0.15) is 0 Å². The van der Waals surface area contributed by atoms with Crippen molar-refractivity contribution in [1.29, 1.82) is 0 Å². The smallest absolute Gasteiger partial charge is 0.303 e. The van der Waals surface area contributed by atoms with Gasteiger partial charge in [-0.15, -0.1) is 0 Å². The van der Waals surface area contributed by atoms with Gasteiger partial charge in [-0.3, -0.25) is 4.79 Å². The quantitative estimate of drug-likeness (QED) is 0.750. The first-order valence-corrected chi connectivity index (χ1v) is 5.57. The Morgan fingerprint density at radius 2 is 2.14 bits per heavy atom. The van der Waals surface area contributed by atoms with E-state index >= 15 is 0 Å². The average Bonchev–Trinajstić information content (AvgIpc) is 2.99. The summed E-state index contributed by atoms with van der Waals surface area (Å²) < 4.78 is 5.43. The summed E-state index contributed by atoms with van der Waals surface area (Å²) in [6.07, 6.45) is 5.07. The Labute approximate surface area is 84.4 Å². The second-order valence-corrected chi connectivity index (χ2v) is 4.58. The largest absolute Gasteiger partial charge is 0.481 e. The van der Waals surface area contributed by atoms with Gasteiger partial charge in [0, 0.05) is 19.6 Å². The van der Waals surface area contributed by atoms with Crippen LogP contribution in [0.2, 0.25) is 0 Å². The fraction of sp³-hybridized carbons (Fsp3) is 0.909. The maximum absolute atomic E-state index is 10.7. The van der Waals surface area contributed by atoms with E-state index in [1.165, 1.54) is 12.8 Å². The van der Waals surface area contributed by atoms with Crippen molar-refractivity contribution in [3.8, 4) is 0 Å². The molecule has 2 fully saturated rings. The van der Waals surface area contributed by atoms with Crippen molar-refractivity contribution in [2.24, 2.45) is 17.8 Å². The number of hydrogen-bond acceptors (Lipinski definition) is 2. The van der Waals surface area contributed by atoms with E-state index in [0.717, 1.165) is 26.1 Å². The van der Waals surface area contributed by atoms with E-state index in [0.29, 0.717) is 24.2 Å². The molecule has 1 N–H and O–H groups in total. The predicted molar refractivity (Wildman–Crippen MR) is 52.0 cm³/mol. The molecule has 0 aromatic rings. The molecular weight excluding hydrogens is 180 g/mol. The van der Waals surface area contributed by atoms with E-state index in [9.17, 15) is 4.79 Å². The first kappa shape index (κ1) is 9.97. The molecule has 0 bridgehead atoms. The number of carbonyl (C=O) groups is 1. The summed E-state index contributed by atoms with van der Waals surface area (Å²) in [5, 5.41) is 8.85. The van der Waals surface area contributed by atoms with E-state index in [-0.39, 0.29) is 0 Å². The van der Waals surface area contributed by atoms with Crippen molar-refractivity contribution < 1.29 is 14.6 Å². The molecule has 3 nitrogen and oxygen atoms in total. The molecule has 1 saturated heterocycles. The lowest BCUT2D eigenvalue weighted by molar-refractivity contribution is -0.139. The molecule has 1 aliphatic heterocycles. The normalized spacial score (nSPS) is 29.9. The van der Waals surface area contributed by atoms with Crippen LogP contribution in [-0.2, 0) is 9.53 Å². The second kappa shape index (κ2) is 4.30. The predicted octanol–water partition coefficient (Wildman–Crippen LogP) is 1.91. The lowest BCUT2D eigenvalue weighted by Crippen LogP contribution is -2.28. The van der Waals surface area contributed by atoms with Gasteiger partial charge in [0.05, 0.1) is 0 Å². The third-order valence-corrected chi connectivity index (χ3v) is 3.44. The first-order chi connectivity index (χ1) is 6.77. The standard InChI is InChI=1S/C11H18O3/c12-11(13)6-10(8-3-4-8)9-2-1-5-14-7-9/h8-10H,1-7H2,(H,12,13). The summed E-state index contributed by atoms with van der Waals surface area (Å²) in [5.74, 6) is 0.922. The Kier molecular flexibility index (Phi) is 3.06. The van der Waals surface area contributed by atoms with Crippen LogP contribution in [0.15, 0.2) is 0 Å². The van der Waals surface area contributed by atoms with Gasteiger partial charge in [-0.1, -0.05) is 0 Å². The minimum atomic E-state index is -0.646. The molecule has 1 saturated carbocycles. The Morgan fingerprint density at radius 1 is 1.36 bits per heavy atom. The zero-order valence-corrected chi connectivity index (χ0v) is 8.45. The highest BCUT2D eigenvalue weighted by atomic mass is 16.5. The zero-order chi connectivity index (χ0) is 9.97. The van der Waals surface area contributed by atoms with Crippen LogP contribution in [0.4, 0.5) is 0 Å². The van der Waals surface area contributed by atoms with Gasteiger partial charge in [0.15, 0.2) is 0 Å². The number of carboxylic acid groups (broad SMARTS) is 1. The fourth-order valence-electron chi connectivity index (χ4n) is 2.55. The van der Waals surface area contributed by atoms with Crippen molar-refractivity contribution in [2.75, 3.05) is 13.2 Å². The van der Waals surface area contributed by atoms with Crippen LogP contribution in [0, 0.1) is 17.8 Å². The minimum absolute atomic E-state index is 0.346. The van der Waals surface area contributed by atoms with Gasteiger partial charge in [0.2, 0.25) is 0 Å². The lowest BCUT2D eigenvalue weighted by Gasteiger charge is -2.29. The molecule has 80 valence electrons. The summed E-state index contributed by atoms with van der Waals surface area (Å²) in [5.41, 5.74) is 0. The molecule has 0 radical (unpaired) electrons. The molecule has 0 spiro atoms. The molecule has 2 rings (SSSR count). The Balaban J connectivity index is 1.90. The molecular formula is C11H18O3. The van der Waals surface area contributed by atoms with Gasteiger partial charge >= 0.3 is 5.97 Å². The van der Waals surface area contributed by atoms with Crippen LogP contribution in [0.5, 0.6) is 0 Å². The van der Waals surface area contributed by atoms with Crippen LogP contribution in [0.25, 0.3) is 0 Å². The average molecular weight is 198 g/mol. The van der Waals surface area contributed by atoms with Gasteiger partial charge in [-0.25, -0.2) is 0 Å². The number of ether oxygens (including phenoxy) is 1. The molecule has 2 aliphatic rings. The summed E-state index contributed by atoms with van der Waals surface area (Å²) in [6.45, 7) is 1.65. The van der Waals surface area contributed by atoms with E-state index in [1.807, 2.05) is 0 Å². The first-order valence-electron chi connectivity index (χ1n) is 5.57. The topological polar surface area (TPSA) is 46.5 Å². The number of aliphatic carboxylic acids is 1. The van der Waals surface area contributed by atoms with Gasteiger partial charge in [-0.2, -0.15) is 0 Å². The van der Waals surface area contributed by atoms with Crippen LogP contribution in [0.3, 0.4) is 0 Å². The number of hydrogen-bond donors (Lipinski definition) is 1. The summed E-state index contributed by atoms with van der Waals surface area (Å²) in [7, 11) is 0. The van der Waals surface area contributed by atoms with Gasteiger partial charge in [-0.05, 0) is 43.4 Å². The molecule has 14 heavy (non-hydrogen) atoms. The molecule has 0 aromatic heterocycles. The molecule has 2 atom stereocenters. The highest BCUT2D eigenvalue weighted by Gasteiger charge is 2.38. The monoisotopic (exact) mass is 198 g/mol. The third kappa shape index (κ3) is 2.47. The zero-order valence-electron chi connectivity index (χ0n) is 8.45. The number of rotatable bonds is 4. The van der Waals surface area contributed by atoms with Crippen LogP contribution in [0.1, 0.15) is 32.1 Å². The van der Waals surface area contributed by atoms with Crippen molar-refractivity contribution in [3.63, 3.8) is 0 Å². The van der Waals surface area contributed by atoms with Crippen molar-refractivity contribution in [2.45, 2.75) is 32.1 Å². The van der Waals surface area contributed by atoms with Crippen molar-refractivity contribution in [1.82, 2.24) is 0 Å². The lowest BCUT2D eigenvalue weighted by atomic mass is 9.82.